The normalized spacial score (nSPS) is 11.5. The average molecular weight is 319 g/mol. The van der Waals surface area contributed by atoms with Gasteiger partial charge >= 0.3 is 0 Å². The van der Waals surface area contributed by atoms with Crippen molar-refractivity contribution in [3.05, 3.63) is 47.8 Å². The van der Waals surface area contributed by atoms with Crippen LogP contribution in [0.2, 0.25) is 0 Å². The van der Waals surface area contributed by atoms with Crippen molar-refractivity contribution in [3.8, 4) is 0 Å². The molecule has 22 heavy (non-hydrogen) atoms. The number of rotatable bonds is 6. The number of aliphatic hydroxyl groups is 1. The second-order valence-corrected chi connectivity index (χ2v) is 6.75. The van der Waals surface area contributed by atoms with Crippen LogP contribution in [0, 0.1) is 0 Å². The summed E-state index contributed by atoms with van der Waals surface area (Å²) >= 11 is 1.63. The fourth-order valence-corrected chi connectivity index (χ4v) is 2.74. The predicted octanol–water partition coefficient (Wildman–Crippen LogP) is 2.21. The topological polar surface area (TPSA) is 67.2 Å². The molecule has 1 aromatic heterocycles. The van der Waals surface area contributed by atoms with Crippen molar-refractivity contribution < 1.29 is 9.90 Å². The van der Waals surface area contributed by atoms with Gasteiger partial charge in [0.05, 0.1) is 12.1 Å². The van der Waals surface area contributed by atoms with Crippen LogP contribution in [0.1, 0.15) is 29.8 Å². The molecule has 2 N–H and O–H groups in total. The van der Waals surface area contributed by atoms with Gasteiger partial charge in [-0.15, -0.1) is 0 Å². The summed E-state index contributed by atoms with van der Waals surface area (Å²) in [4.78, 5) is 16.5. The van der Waals surface area contributed by atoms with Crippen molar-refractivity contribution in [2.24, 2.45) is 7.05 Å². The molecule has 0 saturated heterocycles. The molecule has 1 heterocycles. The van der Waals surface area contributed by atoms with Gasteiger partial charge in [0.2, 0.25) is 0 Å². The highest BCUT2D eigenvalue weighted by atomic mass is 32.2. The summed E-state index contributed by atoms with van der Waals surface area (Å²) in [5, 5.41) is 13.0. The van der Waals surface area contributed by atoms with Crippen LogP contribution in [0.15, 0.2) is 41.8 Å². The van der Waals surface area contributed by atoms with Crippen molar-refractivity contribution >= 4 is 17.7 Å². The number of benzene rings is 1. The SMILES string of the molecule is Cn1ccnc1SCc1cccc(C(=O)NC(C)(C)CO)c1. The molecule has 0 aliphatic rings. The van der Waals surface area contributed by atoms with Crippen LogP contribution in [-0.4, -0.2) is 32.7 Å². The standard InChI is InChI=1S/C16H21N3O2S/c1-16(2,11-20)18-14(21)13-6-4-5-12(9-13)10-22-15-17-7-8-19(15)3/h4-9,20H,10-11H2,1-3H3,(H,18,21). The highest BCUT2D eigenvalue weighted by molar-refractivity contribution is 7.98. The third-order valence-electron chi connectivity index (χ3n) is 3.18. The molecule has 0 aliphatic carbocycles. The summed E-state index contributed by atoms with van der Waals surface area (Å²) in [7, 11) is 1.95. The van der Waals surface area contributed by atoms with Crippen molar-refractivity contribution in [3.63, 3.8) is 0 Å². The Bertz CT molecular complexity index is 652. The van der Waals surface area contributed by atoms with E-state index < -0.39 is 5.54 Å². The second kappa shape index (κ2) is 6.98. The molecule has 0 spiro atoms. The molecule has 0 fully saturated rings. The van der Waals surface area contributed by atoms with Crippen molar-refractivity contribution in [2.75, 3.05) is 6.61 Å². The minimum Gasteiger partial charge on any atom is -0.394 e. The molecule has 6 heteroatoms. The Morgan fingerprint density at radius 3 is 2.86 bits per heavy atom. The number of aromatic nitrogens is 2. The molecule has 2 aromatic rings. The lowest BCUT2D eigenvalue weighted by molar-refractivity contribution is 0.0869. The molecule has 0 saturated carbocycles. The van der Waals surface area contributed by atoms with Crippen LogP contribution in [-0.2, 0) is 12.8 Å². The first kappa shape index (κ1) is 16.6. The minimum atomic E-state index is -0.630. The van der Waals surface area contributed by atoms with E-state index in [9.17, 15) is 9.90 Å². The quantitative estimate of drug-likeness (QED) is 0.801. The summed E-state index contributed by atoms with van der Waals surface area (Å²) in [6.07, 6.45) is 3.67. The third-order valence-corrected chi connectivity index (χ3v) is 4.31. The molecule has 0 radical (unpaired) electrons. The van der Waals surface area contributed by atoms with Crippen molar-refractivity contribution in [2.45, 2.75) is 30.3 Å². The summed E-state index contributed by atoms with van der Waals surface area (Å²) in [5.41, 5.74) is 1.02. The van der Waals surface area contributed by atoms with E-state index in [1.165, 1.54) is 0 Å². The van der Waals surface area contributed by atoms with E-state index in [2.05, 4.69) is 10.3 Å². The lowest BCUT2D eigenvalue weighted by Gasteiger charge is -2.23. The van der Waals surface area contributed by atoms with Gasteiger partial charge in [0, 0.05) is 30.8 Å². The van der Waals surface area contributed by atoms with Crippen LogP contribution in [0.25, 0.3) is 0 Å². The summed E-state index contributed by atoms with van der Waals surface area (Å²) in [6, 6.07) is 7.51. The molecule has 118 valence electrons. The van der Waals surface area contributed by atoms with Crippen LogP contribution in [0.5, 0.6) is 0 Å². The highest BCUT2D eigenvalue weighted by Gasteiger charge is 2.20. The lowest BCUT2D eigenvalue weighted by Crippen LogP contribution is -2.46. The maximum atomic E-state index is 12.2. The zero-order valence-corrected chi connectivity index (χ0v) is 13.9. The van der Waals surface area contributed by atoms with Gasteiger partial charge in [-0.1, -0.05) is 23.9 Å². The van der Waals surface area contributed by atoms with Crippen LogP contribution >= 0.6 is 11.8 Å². The Labute approximate surface area is 134 Å². The van der Waals surface area contributed by atoms with Crippen LogP contribution in [0.4, 0.5) is 0 Å². The highest BCUT2D eigenvalue weighted by Crippen LogP contribution is 2.21. The van der Waals surface area contributed by atoms with Crippen molar-refractivity contribution in [1.82, 2.24) is 14.9 Å². The molecule has 1 aromatic carbocycles. The number of aryl methyl sites for hydroxylation is 1. The first-order valence-corrected chi connectivity index (χ1v) is 8.02. The number of carbonyl (C=O) groups excluding carboxylic acids is 1. The van der Waals surface area contributed by atoms with Gasteiger partial charge in [-0.05, 0) is 31.5 Å². The Balaban J connectivity index is 2.03. The predicted molar refractivity (Wildman–Crippen MR) is 87.8 cm³/mol. The summed E-state index contributed by atoms with van der Waals surface area (Å²) in [6.45, 7) is 3.46. The third kappa shape index (κ3) is 4.35. The second-order valence-electron chi connectivity index (χ2n) is 5.81. The Morgan fingerprint density at radius 2 is 2.23 bits per heavy atom. The van der Waals surface area contributed by atoms with E-state index in [0.717, 1.165) is 16.5 Å². The van der Waals surface area contributed by atoms with Gasteiger partial charge < -0.3 is 15.0 Å². The smallest absolute Gasteiger partial charge is 0.251 e. The van der Waals surface area contributed by atoms with E-state index in [1.54, 1.807) is 37.9 Å². The average Bonchev–Trinajstić information content (AvgIpc) is 2.90. The molecule has 0 atom stereocenters. The number of thioether (sulfide) groups is 1. The van der Waals surface area contributed by atoms with E-state index in [0.29, 0.717) is 5.56 Å². The summed E-state index contributed by atoms with van der Waals surface area (Å²) in [5.74, 6) is 0.568. The molecule has 0 unspecified atom stereocenters. The van der Waals surface area contributed by atoms with Gasteiger partial charge in [-0.3, -0.25) is 4.79 Å². The number of hydrogen-bond donors (Lipinski definition) is 2. The lowest BCUT2D eigenvalue weighted by atomic mass is 10.1. The van der Waals surface area contributed by atoms with Crippen LogP contribution < -0.4 is 5.32 Å². The number of aliphatic hydroxyl groups excluding tert-OH is 1. The van der Waals surface area contributed by atoms with E-state index in [1.807, 2.05) is 36.0 Å². The van der Waals surface area contributed by atoms with Gasteiger partial charge in [-0.25, -0.2) is 4.98 Å². The zero-order chi connectivity index (χ0) is 16.2. The zero-order valence-electron chi connectivity index (χ0n) is 13.0. The molecule has 2 rings (SSSR count). The molecule has 0 aliphatic heterocycles. The van der Waals surface area contributed by atoms with Crippen LogP contribution in [0.3, 0.4) is 0 Å². The van der Waals surface area contributed by atoms with E-state index in [4.69, 9.17) is 0 Å². The Morgan fingerprint density at radius 1 is 1.45 bits per heavy atom. The molecule has 5 nitrogen and oxygen atoms in total. The molecule has 0 bridgehead atoms. The number of nitrogens with one attached hydrogen (secondary N) is 1. The summed E-state index contributed by atoms with van der Waals surface area (Å²) < 4.78 is 1.96. The Kier molecular flexibility index (Phi) is 5.26. The number of imidazole rings is 1. The van der Waals surface area contributed by atoms with Crippen molar-refractivity contribution in [1.29, 1.82) is 0 Å². The number of nitrogens with zero attached hydrogens (tertiary/aromatic N) is 2. The van der Waals surface area contributed by atoms with Gasteiger partial charge in [0.15, 0.2) is 5.16 Å². The number of carbonyl (C=O) groups is 1. The fourth-order valence-electron chi connectivity index (χ4n) is 1.86. The van der Waals surface area contributed by atoms with E-state index >= 15 is 0 Å². The minimum absolute atomic E-state index is 0.104. The van der Waals surface area contributed by atoms with Gasteiger partial charge in [0.25, 0.3) is 5.91 Å². The molecular weight excluding hydrogens is 298 g/mol. The number of hydrogen-bond acceptors (Lipinski definition) is 4. The van der Waals surface area contributed by atoms with E-state index in [-0.39, 0.29) is 12.5 Å². The maximum absolute atomic E-state index is 12.2. The Hall–Kier alpha value is -1.79. The molecular formula is C16H21N3O2S. The monoisotopic (exact) mass is 319 g/mol. The fraction of sp³-hybridized carbons (Fsp3) is 0.375. The first-order valence-electron chi connectivity index (χ1n) is 7.04. The number of amides is 1. The van der Waals surface area contributed by atoms with Gasteiger partial charge in [0.1, 0.15) is 0 Å². The largest absolute Gasteiger partial charge is 0.394 e. The molecule has 1 amide bonds. The first-order chi connectivity index (χ1) is 10.4. The maximum Gasteiger partial charge on any atom is 0.251 e. The van der Waals surface area contributed by atoms with Gasteiger partial charge in [-0.2, -0.15) is 0 Å².